The molecule has 0 radical (unpaired) electrons. The molecule has 1 saturated carbocycles. The van der Waals surface area contributed by atoms with Crippen molar-refractivity contribution < 1.29 is 9.59 Å². The van der Waals surface area contributed by atoms with Gasteiger partial charge in [-0.25, -0.2) is 4.98 Å². The number of amides is 2. The maximum atomic E-state index is 12.3. The lowest BCUT2D eigenvalue weighted by molar-refractivity contribution is -0.121. The highest BCUT2D eigenvalue weighted by Gasteiger charge is 2.30. The second-order valence-electron chi connectivity index (χ2n) is 7.04. The summed E-state index contributed by atoms with van der Waals surface area (Å²) in [5, 5.41) is 5.52. The SMILES string of the molecule is CC(C)C(=O)N1CCc2cc(-c3csc(NC(=O)C4CC4)n3)ccc21. The number of nitrogens with one attached hydrogen (secondary N) is 1. The first-order chi connectivity index (χ1) is 12.0. The van der Waals surface area contributed by atoms with Crippen LogP contribution in [0.3, 0.4) is 0 Å². The number of hydrogen-bond acceptors (Lipinski definition) is 4. The van der Waals surface area contributed by atoms with Gasteiger partial charge in [0.25, 0.3) is 0 Å². The standard InChI is InChI=1S/C19H21N3O2S/c1-11(2)18(24)22-8-7-14-9-13(5-6-16(14)22)15-10-25-19(20-15)21-17(23)12-3-4-12/h5-6,9-12H,3-4,7-8H2,1-2H3,(H,20,21,23). The molecule has 2 heterocycles. The molecule has 130 valence electrons. The molecule has 2 aromatic rings. The minimum Gasteiger partial charge on any atom is -0.312 e. The number of fused-ring (bicyclic) bond motifs is 1. The van der Waals surface area contributed by atoms with E-state index in [0.29, 0.717) is 5.13 Å². The first-order valence-corrected chi connectivity index (χ1v) is 9.62. The highest BCUT2D eigenvalue weighted by molar-refractivity contribution is 7.14. The van der Waals surface area contributed by atoms with Crippen molar-refractivity contribution in [1.29, 1.82) is 0 Å². The van der Waals surface area contributed by atoms with E-state index in [4.69, 9.17) is 0 Å². The van der Waals surface area contributed by atoms with Crippen molar-refractivity contribution in [3.63, 3.8) is 0 Å². The fraction of sp³-hybridized carbons (Fsp3) is 0.421. The van der Waals surface area contributed by atoms with Crippen molar-refractivity contribution >= 4 is 34.0 Å². The van der Waals surface area contributed by atoms with Gasteiger partial charge in [0.1, 0.15) is 0 Å². The molecular formula is C19H21N3O2S. The Bertz CT molecular complexity index is 839. The van der Waals surface area contributed by atoms with Gasteiger partial charge in [-0.2, -0.15) is 0 Å². The van der Waals surface area contributed by atoms with Crippen molar-refractivity contribution in [1.82, 2.24) is 4.98 Å². The van der Waals surface area contributed by atoms with Gasteiger partial charge in [-0.3, -0.25) is 9.59 Å². The number of anilines is 2. The number of nitrogens with zero attached hydrogens (tertiary/aromatic N) is 2. The highest BCUT2D eigenvalue weighted by Crippen LogP contribution is 2.35. The van der Waals surface area contributed by atoms with Gasteiger partial charge in [-0.1, -0.05) is 19.9 Å². The molecule has 1 aliphatic heterocycles. The Labute approximate surface area is 151 Å². The first-order valence-electron chi connectivity index (χ1n) is 8.74. The number of thiazole rings is 1. The lowest BCUT2D eigenvalue weighted by atomic mass is 10.1. The summed E-state index contributed by atoms with van der Waals surface area (Å²) in [4.78, 5) is 30.6. The van der Waals surface area contributed by atoms with Crippen LogP contribution in [0.4, 0.5) is 10.8 Å². The topological polar surface area (TPSA) is 62.3 Å². The van der Waals surface area contributed by atoms with Crippen LogP contribution in [-0.2, 0) is 16.0 Å². The molecule has 4 rings (SSSR count). The third kappa shape index (κ3) is 3.18. The molecule has 2 amide bonds. The number of carbonyl (C=O) groups excluding carboxylic acids is 2. The number of rotatable bonds is 4. The number of aromatic nitrogens is 1. The van der Waals surface area contributed by atoms with Crippen LogP contribution in [0.15, 0.2) is 23.6 Å². The molecule has 6 heteroatoms. The summed E-state index contributed by atoms with van der Waals surface area (Å²) >= 11 is 1.45. The van der Waals surface area contributed by atoms with Crippen molar-refractivity contribution in [2.45, 2.75) is 33.1 Å². The van der Waals surface area contributed by atoms with Gasteiger partial charge in [0.05, 0.1) is 5.69 Å². The highest BCUT2D eigenvalue weighted by atomic mass is 32.1. The summed E-state index contributed by atoms with van der Waals surface area (Å²) in [6.45, 7) is 4.61. The Morgan fingerprint density at radius 1 is 1.32 bits per heavy atom. The molecule has 1 N–H and O–H groups in total. The second kappa shape index (κ2) is 6.26. The largest absolute Gasteiger partial charge is 0.312 e. The van der Waals surface area contributed by atoms with Gasteiger partial charge < -0.3 is 10.2 Å². The molecule has 0 unspecified atom stereocenters. The molecule has 1 aromatic heterocycles. The van der Waals surface area contributed by atoms with E-state index in [0.717, 1.165) is 42.8 Å². The van der Waals surface area contributed by atoms with Crippen molar-refractivity contribution in [3.8, 4) is 11.3 Å². The van der Waals surface area contributed by atoms with E-state index in [1.54, 1.807) is 0 Å². The molecule has 1 fully saturated rings. The zero-order valence-corrected chi connectivity index (χ0v) is 15.2. The van der Waals surface area contributed by atoms with Gasteiger partial charge in [-0.05, 0) is 37.0 Å². The minimum absolute atomic E-state index is 0.00167. The molecule has 0 saturated heterocycles. The molecule has 5 nitrogen and oxygen atoms in total. The molecular weight excluding hydrogens is 334 g/mol. The maximum absolute atomic E-state index is 12.3. The summed E-state index contributed by atoms with van der Waals surface area (Å²) < 4.78 is 0. The summed E-state index contributed by atoms with van der Waals surface area (Å²) in [7, 11) is 0. The normalized spacial score (nSPS) is 16.2. The summed E-state index contributed by atoms with van der Waals surface area (Å²) in [6, 6.07) is 6.14. The van der Waals surface area contributed by atoms with Crippen LogP contribution in [0.25, 0.3) is 11.3 Å². The van der Waals surface area contributed by atoms with Crippen LogP contribution in [0.1, 0.15) is 32.3 Å². The lowest BCUT2D eigenvalue weighted by Gasteiger charge is -2.19. The monoisotopic (exact) mass is 355 g/mol. The van der Waals surface area contributed by atoms with Gasteiger partial charge in [0.2, 0.25) is 11.8 Å². The van der Waals surface area contributed by atoms with Crippen LogP contribution < -0.4 is 10.2 Å². The summed E-state index contributed by atoms with van der Waals surface area (Å²) in [5.74, 6) is 0.432. The Morgan fingerprint density at radius 2 is 2.12 bits per heavy atom. The van der Waals surface area contributed by atoms with Crippen LogP contribution in [0.5, 0.6) is 0 Å². The van der Waals surface area contributed by atoms with E-state index in [2.05, 4.69) is 16.4 Å². The zero-order chi connectivity index (χ0) is 17.6. The van der Waals surface area contributed by atoms with E-state index in [1.807, 2.05) is 36.3 Å². The molecule has 1 aromatic carbocycles. The third-order valence-corrected chi connectivity index (χ3v) is 5.47. The Balaban J connectivity index is 1.54. The van der Waals surface area contributed by atoms with E-state index >= 15 is 0 Å². The number of benzene rings is 1. The van der Waals surface area contributed by atoms with Gasteiger partial charge >= 0.3 is 0 Å². The van der Waals surface area contributed by atoms with E-state index in [-0.39, 0.29) is 23.7 Å². The predicted molar refractivity (Wildman–Crippen MR) is 99.8 cm³/mol. The first kappa shape index (κ1) is 16.3. The minimum atomic E-state index is 0.00167. The van der Waals surface area contributed by atoms with E-state index in [1.165, 1.54) is 16.9 Å². The average molecular weight is 355 g/mol. The second-order valence-corrected chi connectivity index (χ2v) is 7.90. The van der Waals surface area contributed by atoms with Crippen molar-refractivity contribution in [2.75, 3.05) is 16.8 Å². The molecule has 0 spiro atoms. The van der Waals surface area contributed by atoms with Gasteiger partial charge in [0, 0.05) is 35.0 Å². The van der Waals surface area contributed by atoms with Crippen LogP contribution >= 0.6 is 11.3 Å². The molecule has 0 atom stereocenters. The van der Waals surface area contributed by atoms with Crippen LogP contribution in [0, 0.1) is 11.8 Å². The fourth-order valence-corrected chi connectivity index (χ4v) is 3.84. The Kier molecular flexibility index (Phi) is 4.07. The number of hydrogen-bond donors (Lipinski definition) is 1. The van der Waals surface area contributed by atoms with Gasteiger partial charge in [0.15, 0.2) is 5.13 Å². The number of carbonyl (C=O) groups is 2. The van der Waals surface area contributed by atoms with Crippen molar-refractivity contribution in [2.24, 2.45) is 11.8 Å². The molecule has 2 aliphatic rings. The smallest absolute Gasteiger partial charge is 0.229 e. The van der Waals surface area contributed by atoms with Gasteiger partial charge in [-0.15, -0.1) is 11.3 Å². The third-order valence-electron chi connectivity index (χ3n) is 4.71. The predicted octanol–water partition coefficient (Wildman–Crippen LogP) is 3.70. The zero-order valence-electron chi connectivity index (χ0n) is 14.4. The fourth-order valence-electron chi connectivity index (χ4n) is 3.12. The Hall–Kier alpha value is -2.21. The van der Waals surface area contributed by atoms with E-state index < -0.39 is 0 Å². The van der Waals surface area contributed by atoms with Crippen LogP contribution in [-0.4, -0.2) is 23.3 Å². The molecule has 1 aliphatic carbocycles. The van der Waals surface area contributed by atoms with E-state index in [9.17, 15) is 9.59 Å². The lowest BCUT2D eigenvalue weighted by Crippen LogP contribution is -2.32. The summed E-state index contributed by atoms with van der Waals surface area (Å²) in [5.41, 5.74) is 4.09. The molecule has 25 heavy (non-hydrogen) atoms. The van der Waals surface area contributed by atoms with Crippen LogP contribution in [0.2, 0.25) is 0 Å². The Morgan fingerprint density at radius 3 is 2.84 bits per heavy atom. The summed E-state index contributed by atoms with van der Waals surface area (Å²) in [6.07, 6.45) is 2.85. The van der Waals surface area contributed by atoms with Crippen molar-refractivity contribution in [3.05, 3.63) is 29.1 Å². The molecule has 0 bridgehead atoms. The quantitative estimate of drug-likeness (QED) is 0.909. The average Bonchev–Trinajstić information content (AvgIpc) is 3.21. The maximum Gasteiger partial charge on any atom is 0.229 e.